The molecule has 3 N–H and O–H groups in total. The number of nitrogens with two attached hydrogens (primary N) is 1. The third-order valence-electron chi connectivity index (χ3n) is 4.55. The molecule has 0 bridgehead atoms. The lowest BCUT2D eigenvalue weighted by Crippen LogP contribution is -2.40. The van der Waals surface area contributed by atoms with Crippen LogP contribution in [0.3, 0.4) is 0 Å². The Balaban J connectivity index is 1.88. The Kier molecular flexibility index (Phi) is 6.44. The van der Waals surface area contributed by atoms with Crippen LogP contribution in [0, 0.1) is 11.8 Å². The number of piperidine rings is 1. The van der Waals surface area contributed by atoms with Gasteiger partial charge in [-0.05, 0) is 48.9 Å². The van der Waals surface area contributed by atoms with Crippen molar-refractivity contribution in [3.8, 4) is 5.75 Å². The average Bonchev–Trinajstić information content (AvgIpc) is 2.51. The maximum Gasteiger partial charge on any atom is 0.209 e. The van der Waals surface area contributed by atoms with E-state index in [1.165, 1.54) is 5.56 Å². The highest BCUT2D eigenvalue weighted by molar-refractivity contribution is 7.89. The average molecular weight is 340 g/mol. The highest BCUT2D eigenvalue weighted by Gasteiger charge is 2.26. The first-order valence-corrected chi connectivity index (χ1v) is 10.0. The molecule has 1 aliphatic heterocycles. The molecule has 0 spiro atoms. The molecule has 1 fully saturated rings. The highest BCUT2D eigenvalue weighted by atomic mass is 32.2. The second-order valence-corrected chi connectivity index (χ2v) is 8.44. The van der Waals surface area contributed by atoms with E-state index in [4.69, 9.17) is 9.88 Å². The van der Waals surface area contributed by atoms with E-state index < -0.39 is 10.0 Å². The molecular weight excluding hydrogens is 312 g/mol. The van der Waals surface area contributed by atoms with Gasteiger partial charge in [0, 0.05) is 12.5 Å². The van der Waals surface area contributed by atoms with Gasteiger partial charge in [-0.15, -0.1) is 0 Å². The Bertz CT molecular complexity index is 584. The Labute approximate surface area is 139 Å². The molecule has 0 saturated carbocycles. The van der Waals surface area contributed by atoms with Crippen LogP contribution in [0.25, 0.3) is 0 Å². The van der Waals surface area contributed by atoms with Gasteiger partial charge in [0.2, 0.25) is 10.0 Å². The molecule has 1 heterocycles. The van der Waals surface area contributed by atoms with E-state index in [1.807, 2.05) is 12.1 Å². The molecule has 0 aliphatic carbocycles. The van der Waals surface area contributed by atoms with Crippen LogP contribution in [0.4, 0.5) is 0 Å². The lowest BCUT2D eigenvalue weighted by Gasteiger charge is -2.32. The largest absolute Gasteiger partial charge is 0.493 e. The van der Waals surface area contributed by atoms with Gasteiger partial charge in [0.05, 0.1) is 12.4 Å². The summed E-state index contributed by atoms with van der Waals surface area (Å²) in [6, 6.07) is 8.20. The van der Waals surface area contributed by atoms with Gasteiger partial charge < -0.3 is 10.1 Å². The summed E-state index contributed by atoms with van der Waals surface area (Å²) in [5.74, 6) is 2.08. The van der Waals surface area contributed by atoms with Gasteiger partial charge in [-0.25, -0.2) is 13.6 Å². The molecule has 0 amide bonds. The van der Waals surface area contributed by atoms with E-state index >= 15 is 0 Å². The Morgan fingerprint density at radius 2 is 1.96 bits per heavy atom. The summed E-state index contributed by atoms with van der Waals surface area (Å²) in [5.41, 5.74) is 1.29. The van der Waals surface area contributed by atoms with Crippen molar-refractivity contribution in [1.82, 2.24) is 5.32 Å². The number of sulfonamides is 1. The number of primary sulfonamides is 1. The van der Waals surface area contributed by atoms with Crippen molar-refractivity contribution in [2.75, 3.05) is 25.4 Å². The molecule has 5 nitrogen and oxygen atoms in total. The SMILES string of the molecule is CC(C)c1ccc(OCC2CNCCC2CCS(N)(=O)=O)cc1. The number of rotatable bonds is 7. The fourth-order valence-corrected chi connectivity index (χ4v) is 3.65. The van der Waals surface area contributed by atoms with Crippen LogP contribution >= 0.6 is 0 Å². The summed E-state index contributed by atoms with van der Waals surface area (Å²) in [5, 5.41) is 8.49. The van der Waals surface area contributed by atoms with Crippen LogP contribution in [0.5, 0.6) is 5.75 Å². The minimum atomic E-state index is -3.39. The van der Waals surface area contributed by atoms with Gasteiger partial charge in [0.15, 0.2) is 0 Å². The molecule has 2 unspecified atom stereocenters. The van der Waals surface area contributed by atoms with Gasteiger partial charge >= 0.3 is 0 Å². The van der Waals surface area contributed by atoms with E-state index in [0.29, 0.717) is 30.8 Å². The zero-order valence-corrected chi connectivity index (χ0v) is 14.8. The molecule has 1 aromatic rings. The Hall–Kier alpha value is -1.11. The zero-order chi connectivity index (χ0) is 16.9. The molecule has 1 saturated heterocycles. The van der Waals surface area contributed by atoms with Crippen molar-refractivity contribution in [1.29, 1.82) is 0 Å². The molecule has 23 heavy (non-hydrogen) atoms. The lowest BCUT2D eigenvalue weighted by molar-refractivity contribution is 0.158. The molecule has 0 aromatic heterocycles. The number of benzene rings is 1. The minimum absolute atomic E-state index is 0.0528. The summed E-state index contributed by atoms with van der Waals surface area (Å²) in [7, 11) is -3.39. The van der Waals surface area contributed by atoms with Crippen molar-refractivity contribution in [2.45, 2.75) is 32.6 Å². The van der Waals surface area contributed by atoms with Gasteiger partial charge in [-0.2, -0.15) is 0 Å². The van der Waals surface area contributed by atoms with E-state index in [9.17, 15) is 8.42 Å². The van der Waals surface area contributed by atoms with Crippen LogP contribution in [-0.4, -0.2) is 33.9 Å². The summed E-state index contributed by atoms with van der Waals surface area (Å²) >= 11 is 0. The van der Waals surface area contributed by atoms with Gasteiger partial charge in [-0.3, -0.25) is 0 Å². The molecule has 0 radical (unpaired) electrons. The predicted octanol–water partition coefficient (Wildman–Crippen LogP) is 2.09. The van der Waals surface area contributed by atoms with E-state index in [0.717, 1.165) is 25.3 Å². The standard InChI is InChI=1S/C17H28N2O3S/c1-13(2)14-3-5-17(6-4-14)22-12-16-11-19-9-7-15(16)8-10-23(18,20)21/h3-6,13,15-16,19H,7-12H2,1-2H3,(H2,18,20,21). The first kappa shape index (κ1) is 18.2. The van der Waals surface area contributed by atoms with Crippen LogP contribution in [0.1, 0.15) is 38.2 Å². The maximum atomic E-state index is 11.2. The molecule has 130 valence electrons. The second kappa shape index (κ2) is 8.13. The van der Waals surface area contributed by atoms with E-state index in [2.05, 4.69) is 31.3 Å². The van der Waals surface area contributed by atoms with E-state index in [1.54, 1.807) is 0 Å². The maximum absolute atomic E-state index is 11.2. The van der Waals surface area contributed by atoms with Crippen LogP contribution in [0.15, 0.2) is 24.3 Å². The topological polar surface area (TPSA) is 81.4 Å². The number of nitrogens with one attached hydrogen (secondary N) is 1. The molecular formula is C17H28N2O3S. The second-order valence-electron chi connectivity index (χ2n) is 6.70. The Morgan fingerprint density at radius 3 is 2.57 bits per heavy atom. The predicted molar refractivity (Wildman–Crippen MR) is 93.1 cm³/mol. The summed E-state index contributed by atoms with van der Waals surface area (Å²) in [4.78, 5) is 0. The zero-order valence-electron chi connectivity index (χ0n) is 14.0. The number of hydrogen-bond acceptors (Lipinski definition) is 4. The van der Waals surface area contributed by atoms with Gasteiger partial charge in [0.1, 0.15) is 5.75 Å². The molecule has 2 rings (SSSR count). The lowest BCUT2D eigenvalue weighted by atomic mass is 9.85. The van der Waals surface area contributed by atoms with Crippen molar-refractivity contribution < 1.29 is 13.2 Å². The fraction of sp³-hybridized carbons (Fsp3) is 0.647. The highest BCUT2D eigenvalue weighted by Crippen LogP contribution is 2.25. The molecule has 6 heteroatoms. The smallest absolute Gasteiger partial charge is 0.209 e. The first-order chi connectivity index (χ1) is 10.8. The van der Waals surface area contributed by atoms with Crippen LogP contribution < -0.4 is 15.2 Å². The summed E-state index contributed by atoms with van der Waals surface area (Å²) in [6.07, 6.45) is 1.58. The first-order valence-electron chi connectivity index (χ1n) is 8.29. The van der Waals surface area contributed by atoms with Crippen LogP contribution in [0.2, 0.25) is 0 Å². The monoisotopic (exact) mass is 340 g/mol. The Morgan fingerprint density at radius 1 is 1.26 bits per heavy atom. The third kappa shape index (κ3) is 6.12. The summed E-state index contributed by atoms with van der Waals surface area (Å²) < 4.78 is 28.3. The minimum Gasteiger partial charge on any atom is -0.493 e. The fourth-order valence-electron chi connectivity index (χ4n) is 3.02. The van der Waals surface area contributed by atoms with Crippen molar-refractivity contribution in [3.05, 3.63) is 29.8 Å². The van der Waals surface area contributed by atoms with Gasteiger partial charge in [-0.1, -0.05) is 26.0 Å². The molecule has 1 aromatic carbocycles. The van der Waals surface area contributed by atoms with Crippen LogP contribution in [-0.2, 0) is 10.0 Å². The molecule has 1 aliphatic rings. The molecule has 2 atom stereocenters. The third-order valence-corrected chi connectivity index (χ3v) is 5.35. The van der Waals surface area contributed by atoms with Crippen molar-refractivity contribution in [2.24, 2.45) is 17.0 Å². The van der Waals surface area contributed by atoms with E-state index in [-0.39, 0.29) is 5.75 Å². The normalized spacial score (nSPS) is 22.3. The van der Waals surface area contributed by atoms with Crippen molar-refractivity contribution >= 4 is 10.0 Å². The quantitative estimate of drug-likeness (QED) is 0.796. The summed E-state index contributed by atoms with van der Waals surface area (Å²) in [6.45, 7) is 6.72. The number of hydrogen-bond donors (Lipinski definition) is 2. The van der Waals surface area contributed by atoms with Crippen molar-refractivity contribution in [3.63, 3.8) is 0 Å². The number of ether oxygens (including phenoxy) is 1. The van der Waals surface area contributed by atoms with Gasteiger partial charge in [0.25, 0.3) is 0 Å².